The summed E-state index contributed by atoms with van der Waals surface area (Å²) in [5, 5.41) is 3.35. The van der Waals surface area contributed by atoms with E-state index >= 15 is 0 Å². The minimum absolute atomic E-state index is 0.346. The number of pyridine rings is 1. The first-order chi connectivity index (χ1) is 7.75. The predicted molar refractivity (Wildman–Crippen MR) is 68.8 cm³/mol. The minimum Gasteiger partial charge on any atom is -0.376 e. The van der Waals surface area contributed by atoms with E-state index in [2.05, 4.69) is 39.2 Å². The van der Waals surface area contributed by atoms with E-state index in [-0.39, 0.29) is 0 Å². The van der Waals surface area contributed by atoms with Crippen LogP contribution in [-0.4, -0.2) is 24.2 Å². The van der Waals surface area contributed by atoms with Gasteiger partial charge in [-0.25, -0.2) is 4.98 Å². The van der Waals surface area contributed by atoms with Crippen LogP contribution in [0.1, 0.15) is 24.8 Å². The molecule has 1 aliphatic heterocycles. The quantitative estimate of drug-likeness (QED) is 0.926. The Morgan fingerprint density at radius 1 is 1.56 bits per heavy atom. The number of halogens is 1. The molecule has 1 atom stereocenters. The summed E-state index contributed by atoms with van der Waals surface area (Å²) in [6, 6.07) is 2.07. The molecular weight excluding hydrogens is 268 g/mol. The lowest BCUT2D eigenvalue weighted by atomic mass is 10.1. The van der Waals surface area contributed by atoms with Gasteiger partial charge < -0.3 is 10.1 Å². The van der Waals surface area contributed by atoms with E-state index < -0.39 is 0 Å². The zero-order valence-corrected chi connectivity index (χ0v) is 11.1. The van der Waals surface area contributed by atoms with E-state index in [1.54, 1.807) is 0 Å². The van der Waals surface area contributed by atoms with Crippen molar-refractivity contribution < 1.29 is 4.74 Å². The van der Waals surface area contributed by atoms with Crippen molar-refractivity contribution in [1.82, 2.24) is 4.98 Å². The Morgan fingerprint density at radius 2 is 2.44 bits per heavy atom. The maximum absolute atomic E-state index is 5.66. The van der Waals surface area contributed by atoms with Gasteiger partial charge in [-0.3, -0.25) is 0 Å². The second-order valence-electron chi connectivity index (χ2n) is 4.19. The summed E-state index contributed by atoms with van der Waals surface area (Å²) in [4.78, 5) is 4.35. The standard InChI is InChI=1S/C12H17BrN2O/c1-9-6-10(13)7-14-12(9)15-8-11-4-2-3-5-16-11/h6-7,11H,2-5,8H2,1H3,(H,14,15). The number of nitrogens with zero attached hydrogens (tertiary/aromatic N) is 1. The maximum atomic E-state index is 5.66. The van der Waals surface area contributed by atoms with Crippen molar-refractivity contribution in [3.05, 3.63) is 22.3 Å². The van der Waals surface area contributed by atoms with Gasteiger partial charge in [0, 0.05) is 23.8 Å². The van der Waals surface area contributed by atoms with Gasteiger partial charge in [0.1, 0.15) is 5.82 Å². The van der Waals surface area contributed by atoms with Crippen LogP contribution >= 0.6 is 15.9 Å². The second kappa shape index (κ2) is 5.64. The Bertz CT molecular complexity index is 351. The summed E-state index contributed by atoms with van der Waals surface area (Å²) >= 11 is 3.41. The molecule has 0 aromatic carbocycles. The molecule has 1 aliphatic rings. The first-order valence-corrected chi connectivity index (χ1v) is 6.52. The average molecular weight is 285 g/mol. The van der Waals surface area contributed by atoms with Gasteiger partial charge in [-0.15, -0.1) is 0 Å². The van der Waals surface area contributed by atoms with E-state index in [1.807, 2.05) is 6.20 Å². The molecule has 1 aromatic rings. The molecule has 16 heavy (non-hydrogen) atoms. The fraction of sp³-hybridized carbons (Fsp3) is 0.583. The number of nitrogens with one attached hydrogen (secondary N) is 1. The van der Waals surface area contributed by atoms with Crippen molar-refractivity contribution in [3.63, 3.8) is 0 Å². The highest BCUT2D eigenvalue weighted by Gasteiger charge is 2.13. The predicted octanol–water partition coefficient (Wildman–Crippen LogP) is 3.13. The van der Waals surface area contributed by atoms with Crippen molar-refractivity contribution in [1.29, 1.82) is 0 Å². The van der Waals surface area contributed by atoms with Crippen LogP contribution < -0.4 is 5.32 Å². The van der Waals surface area contributed by atoms with Crippen LogP contribution in [0, 0.1) is 6.92 Å². The summed E-state index contributed by atoms with van der Waals surface area (Å²) in [5.41, 5.74) is 1.16. The van der Waals surface area contributed by atoms with Crippen molar-refractivity contribution in [2.45, 2.75) is 32.3 Å². The van der Waals surface area contributed by atoms with Crippen molar-refractivity contribution in [3.8, 4) is 0 Å². The lowest BCUT2D eigenvalue weighted by molar-refractivity contribution is 0.0247. The first kappa shape index (κ1) is 11.9. The van der Waals surface area contributed by atoms with Gasteiger partial charge in [0.2, 0.25) is 0 Å². The molecule has 0 radical (unpaired) electrons. The molecule has 1 fully saturated rings. The molecule has 0 spiro atoms. The largest absolute Gasteiger partial charge is 0.376 e. The minimum atomic E-state index is 0.346. The molecule has 1 aromatic heterocycles. The molecule has 2 heterocycles. The van der Waals surface area contributed by atoms with Crippen LogP contribution in [-0.2, 0) is 4.74 Å². The third-order valence-corrected chi connectivity index (χ3v) is 3.25. The summed E-state index contributed by atoms with van der Waals surface area (Å²) in [6.45, 7) is 3.82. The van der Waals surface area contributed by atoms with Crippen LogP contribution in [0.2, 0.25) is 0 Å². The third-order valence-electron chi connectivity index (χ3n) is 2.82. The van der Waals surface area contributed by atoms with E-state index in [9.17, 15) is 0 Å². The highest BCUT2D eigenvalue weighted by atomic mass is 79.9. The van der Waals surface area contributed by atoms with Crippen molar-refractivity contribution in [2.24, 2.45) is 0 Å². The monoisotopic (exact) mass is 284 g/mol. The molecule has 0 aliphatic carbocycles. The molecule has 4 heteroatoms. The highest BCUT2D eigenvalue weighted by molar-refractivity contribution is 9.10. The van der Waals surface area contributed by atoms with Gasteiger partial charge >= 0.3 is 0 Å². The summed E-state index contributed by atoms with van der Waals surface area (Å²) < 4.78 is 6.68. The number of anilines is 1. The molecule has 3 nitrogen and oxygen atoms in total. The average Bonchev–Trinajstić information content (AvgIpc) is 2.29. The fourth-order valence-electron chi connectivity index (χ4n) is 1.90. The van der Waals surface area contributed by atoms with Crippen LogP contribution in [0.25, 0.3) is 0 Å². The molecule has 0 bridgehead atoms. The number of hydrogen-bond acceptors (Lipinski definition) is 3. The van der Waals surface area contributed by atoms with Gasteiger partial charge in [-0.1, -0.05) is 0 Å². The topological polar surface area (TPSA) is 34.2 Å². The van der Waals surface area contributed by atoms with Gasteiger partial charge in [-0.05, 0) is 53.7 Å². The lowest BCUT2D eigenvalue weighted by Gasteiger charge is -2.23. The van der Waals surface area contributed by atoms with Crippen LogP contribution in [0.3, 0.4) is 0 Å². The third kappa shape index (κ3) is 3.19. The number of rotatable bonds is 3. The summed E-state index contributed by atoms with van der Waals surface area (Å²) in [7, 11) is 0. The fourth-order valence-corrected chi connectivity index (χ4v) is 2.35. The molecule has 0 amide bonds. The van der Waals surface area contributed by atoms with E-state index in [0.29, 0.717) is 6.10 Å². The van der Waals surface area contributed by atoms with Crippen molar-refractivity contribution >= 4 is 21.7 Å². The van der Waals surface area contributed by atoms with E-state index in [4.69, 9.17) is 4.74 Å². The Kier molecular flexibility index (Phi) is 4.18. The molecule has 1 saturated heterocycles. The van der Waals surface area contributed by atoms with Gasteiger partial charge in [0.15, 0.2) is 0 Å². The normalized spacial score (nSPS) is 20.8. The highest BCUT2D eigenvalue weighted by Crippen LogP contribution is 2.18. The van der Waals surface area contributed by atoms with Gasteiger partial charge in [-0.2, -0.15) is 0 Å². The number of aryl methyl sites for hydroxylation is 1. The SMILES string of the molecule is Cc1cc(Br)cnc1NCC1CCCCO1. The van der Waals surface area contributed by atoms with E-state index in [1.165, 1.54) is 12.8 Å². The Hall–Kier alpha value is -0.610. The Balaban J connectivity index is 1.88. The molecule has 0 saturated carbocycles. The molecule has 1 N–H and O–H groups in total. The van der Waals surface area contributed by atoms with Crippen LogP contribution in [0.15, 0.2) is 16.7 Å². The van der Waals surface area contributed by atoms with Gasteiger partial charge in [0.25, 0.3) is 0 Å². The Labute approximate surface area is 105 Å². The van der Waals surface area contributed by atoms with Crippen molar-refractivity contribution in [2.75, 3.05) is 18.5 Å². The second-order valence-corrected chi connectivity index (χ2v) is 5.10. The molecule has 1 unspecified atom stereocenters. The zero-order chi connectivity index (χ0) is 11.4. The van der Waals surface area contributed by atoms with E-state index in [0.717, 1.165) is 35.4 Å². The first-order valence-electron chi connectivity index (χ1n) is 5.73. The molecule has 2 rings (SSSR count). The van der Waals surface area contributed by atoms with Crippen LogP contribution in [0.5, 0.6) is 0 Å². The van der Waals surface area contributed by atoms with Crippen LogP contribution in [0.4, 0.5) is 5.82 Å². The Morgan fingerprint density at radius 3 is 3.12 bits per heavy atom. The smallest absolute Gasteiger partial charge is 0.129 e. The zero-order valence-electron chi connectivity index (χ0n) is 9.50. The number of ether oxygens (including phenoxy) is 1. The van der Waals surface area contributed by atoms with Gasteiger partial charge in [0.05, 0.1) is 6.10 Å². The lowest BCUT2D eigenvalue weighted by Crippen LogP contribution is -2.27. The molecular formula is C12H17BrN2O. The summed E-state index contributed by atoms with van der Waals surface area (Å²) in [6.07, 6.45) is 5.80. The number of aromatic nitrogens is 1. The maximum Gasteiger partial charge on any atom is 0.129 e. The summed E-state index contributed by atoms with van der Waals surface area (Å²) in [5.74, 6) is 0.956. The number of hydrogen-bond donors (Lipinski definition) is 1. The molecule has 88 valence electrons.